The molecular formula is C24H21N3O4S2. The van der Waals surface area contributed by atoms with Gasteiger partial charge < -0.3 is 14.8 Å². The highest BCUT2D eigenvalue weighted by molar-refractivity contribution is 8.14. The van der Waals surface area contributed by atoms with Gasteiger partial charge in [-0.2, -0.15) is 0 Å². The summed E-state index contributed by atoms with van der Waals surface area (Å²) in [6, 6.07) is 17.1. The van der Waals surface area contributed by atoms with Gasteiger partial charge in [-0.1, -0.05) is 24.3 Å². The zero-order valence-electron chi connectivity index (χ0n) is 18.0. The molecule has 7 nitrogen and oxygen atoms in total. The lowest BCUT2D eigenvalue weighted by Gasteiger charge is -2.09. The fourth-order valence-corrected chi connectivity index (χ4v) is 4.74. The monoisotopic (exact) mass is 479 g/mol. The molecule has 1 amide bonds. The molecule has 0 aliphatic carbocycles. The van der Waals surface area contributed by atoms with Crippen molar-refractivity contribution in [3.8, 4) is 5.75 Å². The lowest BCUT2D eigenvalue weighted by atomic mass is 10.1. The van der Waals surface area contributed by atoms with Gasteiger partial charge in [0.15, 0.2) is 0 Å². The average Bonchev–Trinajstić information content (AvgIpc) is 3.21. The first-order valence-corrected chi connectivity index (χ1v) is 11.9. The number of anilines is 1. The van der Waals surface area contributed by atoms with Crippen molar-refractivity contribution in [3.05, 3.63) is 70.4 Å². The maximum Gasteiger partial charge on any atom is 0.350 e. The van der Waals surface area contributed by atoms with E-state index in [2.05, 4.69) is 5.32 Å². The van der Waals surface area contributed by atoms with Crippen LogP contribution in [-0.4, -0.2) is 42.6 Å². The van der Waals surface area contributed by atoms with Crippen LogP contribution >= 0.6 is 23.1 Å². The van der Waals surface area contributed by atoms with E-state index in [0.29, 0.717) is 17.0 Å². The number of thioether (sulfide) groups is 1. The van der Waals surface area contributed by atoms with E-state index in [9.17, 15) is 9.59 Å². The molecule has 0 bridgehead atoms. The topological polar surface area (TPSA) is 89.3 Å². The Bertz CT molecular complexity index is 1250. The zero-order valence-corrected chi connectivity index (χ0v) is 19.7. The van der Waals surface area contributed by atoms with Gasteiger partial charge in [-0.15, -0.1) is 23.1 Å². The van der Waals surface area contributed by atoms with Crippen LogP contribution in [0, 0.1) is 0 Å². The van der Waals surface area contributed by atoms with Gasteiger partial charge in [0, 0.05) is 12.0 Å². The number of thiophene rings is 1. The molecule has 4 rings (SSSR count). The van der Waals surface area contributed by atoms with Crippen LogP contribution in [0.4, 0.5) is 17.1 Å². The highest BCUT2D eigenvalue weighted by Gasteiger charge is 2.19. The fraction of sp³-hybridized carbons (Fsp3) is 0.167. The third kappa shape index (κ3) is 5.50. The minimum atomic E-state index is -0.475. The second-order valence-electron chi connectivity index (χ2n) is 6.95. The highest BCUT2D eigenvalue weighted by atomic mass is 32.2. The third-order valence-electron chi connectivity index (χ3n) is 4.78. The zero-order chi connectivity index (χ0) is 23.2. The van der Waals surface area contributed by atoms with E-state index < -0.39 is 5.97 Å². The molecule has 168 valence electrons. The Kier molecular flexibility index (Phi) is 7.21. The van der Waals surface area contributed by atoms with Crippen LogP contribution in [0.25, 0.3) is 0 Å². The number of carbonyl (C=O) groups excluding carboxylic acids is 2. The van der Waals surface area contributed by atoms with Gasteiger partial charge in [0.2, 0.25) is 5.91 Å². The summed E-state index contributed by atoms with van der Waals surface area (Å²) in [6.07, 6.45) is 0.478. The third-order valence-corrected chi connectivity index (χ3v) is 6.65. The van der Waals surface area contributed by atoms with E-state index in [1.54, 1.807) is 18.6 Å². The standard InChI is InChI=1S/C24H21N3O4S2/c1-30-16-7-5-6-15(12-16)20-13-22(27-18-9-4-3-8-17(18)25-20)33-14-21(28)26-19-10-11-32-23(19)24(29)31-2/h3-12H,13-14H2,1-2H3,(H,26,28). The van der Waals surface area contributed by atoms with E-state index in [1.165, 1.54) is 30.2 Å². The van der Waals surface area contributed by atoms with Gasteiger partial charge in [0.05, 0.1) is 47.8 Å². The number of hydrogen-bond donors (Lipinski definition) is 1. The number of hydrogen-bond acceptors (Lipinski definition) is 8. The molecule has 0 radical (unpaired) electrons. The highest BCUT2D eigenvalue weighted by Crippen LogP contribution is 2.34. The van der Waals surface area contributed by atoms with Gasteiger partial charge in [0.1, 0.15) is 10.6 Å². The summed E-state index contributed by atoms with van der Waals surface area (Å²) < 4.78 is 10.1. The van der Waals surface area contributed by atoms with Crippen molar-refractivity contribution >= 4 is 62.8 Å². The number of fused-ring (bicyclic) bond motifs is 1. The quantitative estimate of drug-likeness (QED) is 0.474. The van der Waals surface area contributed by atoms with Crippen LogP contribution in [0.5, 0.6) is 5.75 Å². The number of carbonyl (C=O) groups is 2. The Morgan fingerprint density at radius 2 is 1.85 bits per heavy atom. The molecule has 2 heterocycles. The molecule has 0 atom stereocenters. The summed E-state index contributed by atoms with van der Waals surface area (Å²) in [5.41, 5.74) is 3.76. The van der Waals surface area contributed by atoms with E-state index in [4.69, 9.17) is 19.5 Å². The second kappa shape index (κ2) is 10.5. The average molecular weight is 480 g/mol. The summed E-state index contributed by atoms with van der Waals surface area (Å²) in [6.45, 7) is 0. The predicted octanol–water partition coefficient (Wildman–Crippen LogP) is 5.47. The fourth-order valence-electron chi connectivity index (χ4n) is 3.20. The van der Waals surface area contributed by atoms with Crippen molar-refractivity contribution in [2.24, 2.45) is 9.98 Å². The van der Waals surface area contributed by atoms with Crippen LogP contribution in [0.15, 0.2) is 70.0 Å². The molecule has 2 aromatic carbocycles. The largest absolute Gasteiger partial charge is 0.497 e. The van der Waals surface area contributed by atoms with Gasteiger partial charge in [-0.25, -0.2) is 9.79 Å². The van der Waals surface area contributed by atoms with Crippen LogP contribution < -0.4 is 10.1 Å². The number of esters is 1. The molecule has 1 aliphatic heterocycles. The molecule has 0 fully saturated rings. The lowest BCUT2D eigenvalue weighted by molar-refractivity contribution is -0.113. The van der Waals surface area contributed by atoms with Gasteiger partial charge in [0.25, 0.3) is 0 Å². The summed E-state index contributed by atoms with van der Waals surface area (Å²) in [7, 11) is 2.94. The van der Waals surface area contributed by atoms with Gasteiger partial charge >= 0.3 is 5.97 Å². The maximum absolute atomic E-state index is 12.6. The Hall–Kier alpha value is -3.43. The number of amides is 1. The van der Waals surface area contributed by atoms with Crippen LogP contribution in [0.1, 0.15) is 21.7 Å². The summed E-state index contributed by atoms with van der Waals surface area (Å²) in [5.74, 6) is 0.180. The number of rotatable bonds is 6. The van der Waals surface area contributed by atoms with Crippen LogP contribution in [0.3, 0.4) is 0 Å². The Balaban J connectivity index is 1.52. The van der Waals surface area contributed by atoms with Crippen molar-refractivity contribution in [2.75, 3.05) is 25.3 Å². The minimum absolute atomic E-state index is 0.142. The van der Waals surface area contributed by atoms with Crippen LogP contribution in [0.2, 0.25) is 0 Å². The maximum atomic E-state index is 12.6. The van der Waals surface area contributed by atoms with Crippen molar-refractivity contribution < 1.29 is 19.1 Å². The molecule has 1 aromatic heterocycles. The normalized spacial score (nSPS) is 12.7. The Labute approximate surface area is 199 Å². The number of benzene rings is 2. The molecule has 0 unspecified atom stereocenters. The molecule has 0 saturated carbocycles. The minimum Gasteiger partial charge on any atom is -0.497 e. The summed E-state index contributed by atoms with van der Waals surface area (Å²) >= 11 is 2.57. The number of ether oxygens (including phenoxy) is 2. The van der Waals surface area contributed by atoms with Crippen molar-refractivity contribution in [3.63, 3.8) is 0 Å². The lowest BCUT2D eigenvalue weighted by Crippen LogP contribution is -2.17. The number of nitrogens with one attached hydrogen (secondary N) is 1. The molecule has 1 N–H and O–H groups in total. The molecule has 9 heteroatoms. The number of aliphatic imine (C=N–C) groups is 2. The number of para-hydroxylation sites is 2. The number of nitrogens with zero attached hydrogens (tertiary/aromatic N) is 2. The molecule has 3 aromatic rings. The first-order chi connectivity index (χ1) is 16.1. The van der Waals surface area contributed by atoms with Crippen molar-refractivity contribution in [2.45, 2.75) is 6.42 Å². The molecule has 0 spiro atoms. The van der Waals surface area contributed by atoms with Gasteiger partial charge in [-0.05, 0) is 35.7 Å². The van der Waals surface area contributed by atoms with Crippen LogP contribution in [-0.2, 0) is 9.53 Å². The number of methoxy groups -OCH3 is 2. The molecule has 0 saturated heterocycles. The molecule has 33 heavy (non-hydrogen) atoms. The van der Waals surface area contributed by atoms with Crippen molar-refractivity contribution in [1.82, 2.24) is 0 Å². The first kappa shape index (κ1) is 22.8. The van der Waals surface area contributed by atoms with E-state index in [1.807, 2.05) is 48.5 Å². The van der Waals surface area contributed by atoms with E-state index in [-0.39, 0.29) is 11.7 Å². The van der Waals surface area contributed by atoms with E-state index in [0.717, 1.165) is 33.4 Å². The second-order valence-corrected chi connectivity index (χ2v) is 8.92. The summed E-state index contributed by atoms with van der Waals surface area (Å²) in [5, 5.41) is 5.29. The summed E-state index contributed by atoms with van der Waals surface area (Å²) in [4.78, 5) is 34.4. The van der Waals surface area contributed by atoms with E-state index >= 15 is 0 Å². The predicted molar refractivity (Wildman–Crippen MR) is 134 cm³/mol. The van der Waals surface area contributed by atoms with Gasteiger partial charge in [-0.3, -0.25) is 9.79 Å². The Morgan fingerprint density at radius 3 is 2.61 bits per heavy atom. The Morgan fingerprint density at radius 1 is 1.06 bits per heavy atom. The van der Waals surface area contributed by atoms with Crippen molar-refractivity contribution in [1.29, 1.82) is 0 Å². The molecule has 1 aliphatic rings. The smallest absolute Gasteiger partial charge is 0.350 e. The molecular weight excluding hydrogens is 458 g/mol. The first-order valence-electron chi connectivity index (χ1n) is 10.0. The SMILES string of the molecule is COC(=O)c1sccc1NC(=O)CSC1=Nc2ccccc2N=C(c2cccc(OC)c2)C1.